The van der Waals surface area contributed by atoms with Crippen LogP contribution in [-0.2, 0) is 4.74 Å². The van der Waals surface area contributed by atoms with Gasteiger partial charge in [-0.1, -0.05) is 19.9 Å². The molecule has 1 aliphatic heterocycles. The van der Waals surface area contributed by atoms with Crippen molar-refractivity contribution in [1.29, 1.82) is 0 Å². The Bertz CT molecular complexity index is 205. The van der Waals surface area contributed by atoms with Crippen LogP contribution in [-0.4, -0.2) is 24.8 Å². The summed E-state index contributed by atoms with van der Waals surface area (Å²) in [5.41, 5.74) is 0. The molecular weight excluding hydrogens is 186 g/mol. The fourth-order valence-electron chi connectivity index (χ4n) is 2.60. The molecule has 1 saturated heterocycles. The van der Waals surface area contributed by atoms with E-state index < -0.39 is 0 Å². The van der Waals surface area contributed by atoms with Crippen LogP contribution >= 0.6 is 0 Å². The Kier molecular flexibility index (Phi) is 4.81. The molecule has 5 unspecified atom stereocenters. The Morgan fingerprint density at radius 1 is 1.33 bits per heavy atom. The fourth-order valence-corrected chi connectivity index (χ4v) is 2.60. The van der Waals surface area contributed by atoms with Crippen molar-refractivity contribution in [1.82, 2.24) is 5.32 Å². The molecule has 0 saturated carbocycles. The van der Waals surface area contributed by atoms with Gasteiger partial charge in [0.1, 0.15) is 0 Å². The zero-order valence-electron chi connectivity index (χ0n) is 10.5. The normalized spacial score (nSPS) is 37.9. The highest BCUT2D eigenvalue weighted by atomic mass is 16.5. The number of ether oxygens (including phenoxy) is 1. The Morgan fingerprint density at radius 3 is 2.40 bits per heavy atom. The topological polar surface area (TPSA) is 21.3 Å². The van der Waals surface area contributed by atoms with Crippen molar-refractivity contribution in [3.8, 4) is 0 Å². The van der Waals surface area contributed by atoms with E-state index in [1.165, 1.54) is 0 Å². The quantitative estimate of drug-likeness (QED) is 0.706. The Balaban J connectivity index is 2.62. The molecule has 88 valence electrons. The van der Waals surface area contributed by atoms with Crippen LogP contribution < -0.4 is 5.32 Å². The van der Waals surface area contributed by atoms with Crippen LogP contribution in [0.4, 0.5) is 0 Å². The molecule has 15 heavy (non-hydrogen) atoms. The van der Waals surface area contributed by atoms with Gasteiger partial charge in [0.15, 0.2) is 0 Å². The molecule has 1 heterocycles. The van der Waals surface area contributed by atoms with Crippen LogP contribution in [0.2, 0.25) is 0 Å². The van der Waals surface area contributed by atoms with E-state index in [0.29, 0.717) is 30.1 Å². The lowest BCUT2D eigenvalue weighted by Crippen LogP contribution is -2.40. The molecule has 0 aromatic carbocycles. The molecule has 1 rings (SSSR count). The number of nitrogens with one attached hydrogen (secondary N) is 1. The van der Waals surface area contributed by atoms with Crippen LogP contribution in [0.1, 0.15) is 34.1 Å². The minimum Gasteiger partial charge on any atom is -0.375 e. The molecule has 1 N–H and O–H groups in total. The molecule has 0 aromatic heterocycles. The number of hydrogen-bond acceptors (Lipinski definition) is 2. The summed E-state index contributed by atoms with van der Waals surface area (Å²) in [5, 5.41) is 3.54. The second-order valence-electron chi connectivity index (χ2n) is 4.70. The van der Waals surface area contributed by atoms with Crippen molar-refractivity contribution >= 4 is 0 Å². The molecule has 0 radical (unpaired) electrons. The maximum Gasteiger partial charge on any atom is 0.0600 e. The van der Waals surface area contributed by atoms with Gasteiger partial charge in [-0.15, -0.1) is 6.58 Å². The van der Waals surface area contributed by atoms with E-state index in [1.807, 2.05) is 6.08 Å². The lowest BCUT2D eigenvalue weighted by molar-refractivity contribution is 0.0492. The summed E-state index contributed by atoms with van der Waals surface area (Å²) in [4.78, 5) is 0. The van der Waals surface area contributed by atoms with Crippen molar-refractivity contribution in [2.24, 2.45) is 11.8 Å². The van der Waals surface area contributed by atoms with Crippen molar-refractivity contribution in [2.45, 2.75) is 52.4 Å². The van der Waals surface area contributed by atoms with Gasteiger partial charge in [0.25, 0.3) is 0 Å². The molecule has 0 amide bonds. The summed E-state index contributed by atoms with van der Waals surface area (Å²) in [6, 6.07) is 0.389. The first kappa shape index (κ1) is 12.7. The predicted molar refractivity (Wildman–Crippen MR) is 64.9 cm³/mol. The van der Waals surface area contributed by atoms with Crippen molar-refractivity contribution < 1.29 is 4.74 Å². The van der Waals surface area contributed by atoms with E-state index in [1.54, 1.807) is 0 Å². The molecule has 0 aromatic rings. The van der Waals surface area contributed by atoms with E-state index in [0.717, 1.165) is 13.0 Å². The van der Waals surface area contributed by atoms with Crippen LogP contribution in [0.5, 0.6) is 0 Å². The van der Waals surface area contributed by atoms with E-state index in [-0.39, 0.29) is 0 Å². The monoisotopic (exact) mass is 211 g/mol. The Labute approximate surface area is 94.1 Å². The summed E-state index contributed by atoms with van der Waals surface area (Å²) < 4.78 is 5.86. The van der Waals surface area contributed by atoms with Gasteiger partial charge in [-0.2, -0.15) is 0 Å². The summed E-state index contributed by atoms with van der Waals surface area (Å²) in [6.45, 7) is 13.8. The van der Waals surface area contributed by atoms with Gasteiger partial charge in [0, 0.05) is 12.0 Å². The van der Waals surface area contributed by atoms with Crippen LogP contribution in [0.15, 0.2) is 12.7 Å². The maximum atomic E-state index is 5.86. The smallest absolute Gasteiger partial charge is 0.0600 e. The first-order valence-corrected chi connectivity index (χ1v) is 6.13. The Hall–Kier alpha value is -0.340. The van der Waals surface area contributed by atoms with Crippen LogP contribution in [0.3, 0.4) is 0 Å². The van der Waals surface area contributed by atoms with E-state index in [9.17, 15) is 0 Å². The number of rotatable bonds is 5. The first-order chi connectivity index (χ1) is 7.11. The highest BCUT2D eigenvalue weighted by Gasteiger charge is 2.40. The highest BCUT2D eigenvalue weighted by Crippen LogP contribution is 2.34. The van der Waals surface area contributed by atoms with Gasteiger partial charge in [-0.25, -0.2) is 0 Å². The van der Waals surface area contributed by atoms with Gasteiger partial charge in [-0.05, 0) is 32.7 Å². The summed E-state index contributed by atoms with van der Waals surface area (Å²) in [6.07, 6.45) is 3.91. The second-order valence-corrected chi connectivity index (χ2v) is 4.70. The zero-order valence-corrected chi connectivity index (χ0v) is 10.5. The number of hydrogen-bond donors (Lipinski definition) is 1. The summed E-state index contributed by atoms with van der Waals surface area (Å²) in [7, 11) is 0. The summed E-state index contributed by atoms with van der Waals surface area (Å²) in [5.74, 6) is 1.16. The third kappa shape index (κ3) is 2.82. The van der Waals surface area contributed by atoms with Gasteiger partial charge in [-0.3, -0.25) is 0 Å². The highest BCUT2D eigenvalue weighted by molar-refractivity contribution is 4.99. The molecule has 2 nitrogen and oxygen atoms in total. The van der Waals surface area contributed by atoms with Crippen molar-refractivity contribution in [3.63, 3.8) is 0 Å². The lowest BCUT2D eigenvalue weighted by Gasteiger charge is -2.27. The average molecular weight is 211 g/mol. The van der Waals surface area contributed by atoms with Gasteiger partial charge in [0.2, 0.25) is 0 Å². The van der Waals surface area contributed by atoms with Gasteiger partial charge < -0.3 is 10.1 Å². The molecule has 0 spiro atoms. The molecule has 1 fully saturated rings. The second kappa shape index (κ2) is 5.66. The third-order valence-corrected chi connectivity index (χ3v) is 3.62. The lowest BCUT2D eigenvalue weighted by atomic mass is 9.83. The molecular formula is C13H25NO. The van der Waals surface area contributed by atoms with E-state index >= 15 is 0 Å². The van der Waals surface area contributed by atoms with E-state index in [2.05, 4.69) is 39.6 Å². The van der Waals surface area contributed by atoms with Gasteiger partial charge in [0.05, 0.1) is 12.2 Å². The largest absolute Gasteiger partial charge is 0.375 e. The SMILES string of the molecule is C=CC(NCCC)C1C(C)OC(C)C1C. The van der Waals surface area contributed by atoms with Crippen molar-refractivity contribution in [2.75, 3.05) is 6.54 Å². The van der Waals surface area contributed by atoms with E-state index in [4.69, 9.17) is 4.74 Å². The molecule has 0 aliphatic carbocycles. The third-order valence-electron chi connectivity index (χ3n) is 3.62. The van der Waals surface area contributed by atoms with Crippen LogP contribution in [0, 0.1) is 11.8 Å². The average Bonchev–Trinajstić information content (AvgIpc) is 2.45. The zero-order chi connectivity index (χ0) is 11.4. The Morgan fingerprint density at radius 2 is 2.00 bits per heavy atom. The molecule has 0 bridgehead atoms. The standard InChI is InChI=1S/C13H25NO/c1-6-8-14-12(7-2)13-9(3)10(4)15-11(13)5/h7,9-14H,2,6,8H2,1,3-5H3. The molecule has 1 aliphatic rings. The minimum absolute atomic E-state index is 0.336. The van der Waals surface area contributed by atoms with Crippen LogP contribution in [0.25, 0.3) is 0 Å². The summed E-state index contributed by atoms with van der Waals surface area (Å²) >= 11 is 0. The fraction of sp³-hybridized carbons (Fsp3) is 0.846. The minimum atomic E-state index is 0.336. The predicted octanol–water partition coefficient (Wildman–Crippen LogP) is 2.60. The first-order valence-electron chi connectivity index (χ1n) is 6.13. The van der Waals surface area contributed by atoms with Gasteiger partial charge >= 0.3 is 0 Å². The molecule has 5 atom stereocenters. The molecule has 2 heteroatoms. The van der Waals surface area contributed by atoms with Crippen molar-refractivity contribution in [3.05, 3.63) is 12.7 Å². The maximum absolute atomic E-state index is 5.86.